The van der Waals surface area contributed by atoms with Gasteiger partial charge in [-0.25, -0.2) is 8.78 Å². The Morgan fingerprint density at radius 1 is 0.773 bits per heavy atom. The molecule has 1 heterocycles. The highest BCUT2D eigenvalue weighted by molar-refractivity contribution is 5.82. The Morgan fingerprint density at radius 2 is 1.18 bits per heavy atom. The molecular weight excluding hydrogens is 280 g/mol. The van der Waals surface area contributed by atoms with Gasteiger partial charge in [0.25, 0.3) is 0 Å². The molecule has 2 aromatic carbocycles. The molecule has 0 bridgehead atoms. The summed E-state index contributed by atoms with van der Waals surface area (Å²) in [5.74, 6) is -0.480. The summed E-state index contributed by atoms with van der Waals surface area (Å²) >= 11 is 0. The molecule has 0 N–H and O–H groups in total. The van der Waals surface area contributed by atoms with Gasteiger partial charge in [0.15, 0.2) is 0 Å². The van der Waals surface area contributed by atoms with Crippen LogP contribution >= 0.6 is 0 Å². The topological polar surface area (TPSA) is 3.24 Å². The molecule has 1 aliphatic heterocycles. The van der Waals surface area contributed by atoms with E-state index in [-0.39, 0.29) is 11.6 Å². The summed E-state index contributed by atoms with van der Waals surface area (Å²) < 4.78 is 26.5. The first-order valence-electron chi connectivity index (χ1n) is 7.56. The van der Waals surface area contributed by atoms with Gasteiger partial charge in [-0.05, 0) is 60.9 Å². The Labute approximate surface area is 129 Å². The number of likely N-dealkylation sites (tertiary alicyclic amines) is 1. The van der Waals surface area contributed by atoms with E-state index in [1.54, 1.807) is 24.3 Å². The SMILES string of the molecule is CN1CCC(=C(c2ccc(F)cc2)c2ccc(F)cc2)CC1. The Bertz CT molecular complexity index is 614. The lowest BCUT2D eigenvalue weighted by Gasteiger charge is -2.27. The van der Waals surface area contributed by atoms with Crippen molar-refractivity contribution in [1.82, 2.24) is 4.90 Å². The first kappa shape index (κ1) is 14.9. The quantitative estimate of drug-likeness (QED) is 0.789. The molecular formula is C19H19F2N. The van der Waals surface area contributed by atoms with Crippen molar-refractivity contribution in [2.75, 3.05) is 20.1 Å². The van der Waals surface area contributed by atoms with Crippen LogP contribution in [-0.2, 0) is 0 Å². The van der Waals surface area contributed by atoms with E-state index in [2.05, 4.69) is 11.9 Å². The summed E-state index contributed by atoms with van der Waals surface area (Å²) in [7, 11) is 2.12. The number of piperidine rings is 1. The number of halogens is 2. The van der Waals surface area contributed by atoms with Gasteiger partial charge >= 0.3 is 0 Å². The second kappa shape index (κ2) is 6.41. The Morgan fingerprint density at radius 3 is 1.59 bits per heavy atom. The maximum Gasteiger partial charge on any atom is 0.123 e. The highest BCUT2D eigenvalue weighted by Gasteiger charge is 2.17. The maximum absolute atomic E-state index is 13.2. The van der Waals surface area contributed by atoms with Crippen LogP contribution in [0.5, 0.6) is 0 Å². The molecule has 2 aromatic rings. The maximum atomic E-state index is 13.2. The van der Waals surface area contributed by atoms with Gasteiger partial charge in [0, 0.05) is 13.1 Å². The zero-order valence-corrected chi connectivity index (χ0v) is 12.7. The fourth-order valence-electron chi connectivity index (χ4n) is 2.95. The third-order valence-electron chi connectivity index (χ3n) is 4.21. The van der Waals surface area contributed by atoms with Crippen molar-refractivity contribution >= 4 is 5.57 Å². The van der Waals surface area contributed by atoms with Gasteiger partial charge in [0.05, 0.1) is 0 Å². The minimum absolute atomic E-state index is 0.240. The molecule has 1 saturated heterocycles. The predicted octanol–water partition coefficient (Wildman–Crippen LogP) is 4.49. The molecule has 22 heavy (non-hydrogen) atoms. The summed E-state index contributed by atoms with van der Waals surface area (Å²) in [6.07, 6.45) is 1.97. The van der Waals surface area contributed by atoms with Crippen molar-refractivity contribution in [1.29, 1.82) is 0 Å². The monoisotopic (exact) mass is 299 g/mol. The van der Waals surface area contributed by atoms with Gasteiger partial charge in [-0.3, -0.25) is 0 Å². The molecule has 1 nitrogen and oxygen atoms in total. The molecule has 0 amide bonds. The van der Waals surface area contributed by atoms with E-state index in [9.17, 15) is 8.78 Å². The van der Waals surface area contributed by atoms with Crippen molar-refractivity contribution in [2.24, 2.45) is 0 Å². The van der Waals surface area contributed by atoms with Crippen LogP contribution in [-0.4, -0.2) is 25.0 Å². The lowest BCUT2D eigenvalue weighted by Crippen LogP contribution is -2.26. The Kier molecular flexibility index (Phi) is 4.34. The molecule has 0 unspecified atom stereocenters. The summed E-state index contributed by atoms with van der Waals surface area (Å²) in [6, 6.07) is 13.1. The molecule has 1 aliphatic rings. The van der Waals surface area contributed by atoms with E-state index in [0.29, 0.717) is 0 Å². The minimum atomic E-state index is -0.240. The normalized spacial score (nSPS) is 15.9. The molecule has 1 fully saturated rings. The van der Waals surface area contributed by atoms with Crippen LogP contribution in [0.25, 0.3) is 5.57 Å². The van der Waals surface area contributed by atoms with Crippen molar-refractivity contribution in [3.8, 4) is 0 Å². The van der Waals surface area contributed by atoms with Crippen LogP contribution in [0, 0.1) is 11.6 Å². The lowest BCUT2D eigenvalue weighted by molar-refractivity contribution is 0.313. The number of benzene rings is 2. The summed E-state index contributed by atoms with van der Waals surface area (Å²) in [5, 5.41) is 0. The van der Waals surface area contributed by atoms with Crippen LogP contribution in [0.4, 0.5) is 8.78 Å². The average molecular weight is 299 g/mol. The van der Waals surface area contributed by atoms with E-state index >= 15 is 0 Å². The van der Waals surface area contributed by atoms with Crippen molar-refractivity contribution < 1.29 is 8.78 Å². The van der Waals surface area contributed by atoms with Crippen molar-refractivity contribution in [3.63, 3.8) is 0 Å². The molecule has 0 aromatic heterocycles. The van der Waals surface area contributed by atoms with Gasteiger partial charge in [0.1, 0.15) is 11.6 Å². The molecule has 0 saturated carbocycles. The van der Waals surface area contributed by atoms with Gasteiger partial charge < -0.3 is 4.90 Å². The van der Waals surface area contributed by atoms with E-state index in [0.717, 1.165) is 42.6 Å². The minimum Gasteiger partial charge on any atom is -0.306 e. The number of rotatable bonds is 2. The molecule has 114 valence electrons. The molecule has 0 atom stereocenters. The van der Waals surface area contributed by atoms with E-state index in [4.69, 9.17) is 0 Å². The predicted molar refractivity (Wildman–Crippen MR) is 85.6 cm³/mol. The highest BCUT2D eigenvalue weighted by atomic mass is 19.1. The summed E-state index contributed by atoms with van der Waals surface area (Å²) in [4.78, 5) is 2.30. The van der Waals surface area contributed by atoms with Gasteiger partial charge in [-0.15, -0.1) is 0 Å². The number of hydrogen-bond donors (Lipinski definition) is 0. The first-order valence-corrected chi connectivity index (χ1v) is 7.56. The van der Waals surface area contributed by atoms with Crippen LogP contribution in [0.2, 0.25) is 0 Å². The highest BCUT2D eigenvalue weighted by Crippen LogP contribution is 2.32. The number of nitrogens with zero attached hydrogens (tertiary/aromatic N) is 1. The summed E-state index contributed by atoms with van der Waals surface area (Å²) in [6.45, 7) is 2.03. The second-order valence-electron chi connectivity index (χ2n) is 5.80. The second-order valence-corrected chi connectivity index (χ2v) is 5.80. The molecule has 3 heteroatoms. The van der Waals surface area contributed by atoms with Gasteiger partial charge in [-0.1, -0.05) is 29.8 Å². The number of hydrogen-bond acceptors (Lipinski definition) is 1. The molecule has 0 aliphatic carbocycles. The summed E-state index contributed by atoms with van der Waals surface area (Å²) in [5.41, 5.74) is 4.46. The van der Waals surface area contributed by atoms with Crippen molar-refractivity contribution in [2.45, 2.75) is 12.8 Å². The van der Waals surface area contributed by atoms with Crippen molar-refractivity contribution in [3.05, 3.63) is 76.9 Å². The molecule has 3 rings (SSSR count). The third-order valence-corrected chi connectivity index (χ3v) is 4.21. The fourth-order valence-corrected chi connectivity index (χ4v) is 2.95. The lowest BCUT2D eigenvalue weighted by atomic mass is 9.88. The Hall–Kier alpha value is -2.00. The van der Waals surface area contributed by atoms with E-state index < -0.39 is 0 Å². The Balaban J connectivity index is 2.07. The third kappa shape index (κ3) is 3.25. The molecule has 0 spiro atoms. The smallest absolute Gasteiger partial charge is 0.123 e. The van der Waals surface area contributed by atoms with E-state index in [1.165, 1.54) is 29.8 Å². The van der Waals surface area contributed by atoms with E-state index in [1.807, 2.05) is 0 Å². The standard InChI is InChI=1S/C19H19F2N/c1-22-12-10-16(11-13-22)19(14-2-6-17(20)7-3-14)15-4-8-18(21)9-5-15/h2-9H,10-13H2,1H3. The van der Waals surface area contributed by atoms with Gasteiger partial charge in [0.2, 0.25) is 0 Å². The average Bonchev–Trinajstić information content (AvgIpc) is 2.53. The van der Waals surface area contributed by atoms with Crippen LogP contribution < -0.4 is 0 Å². The first-order chi connectivity index (χ1) is 10.6. The molecule has 0 radical (unpaired) electrons. The van der Waals surface area contributed by atoms with Crippen LogP contribution in [0.1, 0.15) is 24.0 Å². The largest absolute Gasteiger partial charge is 0.306 e. The van der Waals surface area contributed by atoms with Gasteiger partial charge in [-0.2, -0.15) is 0 Å². The van der Waals surface area contributed by atoms with Crippen LogP contribution in [0.15, 0.2) is 54.1 Å². The zero-order valence-electron chi connectivity index (χ0n) is 12.7. The zero-order chi connectivity index (χ0) is 15.5. The van der Waals surface area contributed by atoms with Crippen LogP contribution in [0.3, 0.4) is 0 Å². The fraction of sp³-hybridized carbons (Fsp3) is 0.263.